The van der Waals surface area contributed by atoms with Crippen molar-refractivity contribution < 1.29 is 53.8 Å². The first-order valence-electron chi connectivity index (χ1n) is 17.5. The molecule has 12 nitrogen and oxygen atoms in total. The Balaban J connectivity index is 1.49. The van der Waals surface area contributed by atoms with Crippen LogP contribution in [0.4, 0.5) is 50.0 Å². The van der Waals surface area contributed by atoms with Crippen LogP contribution in [-0.2, 0) is 41.0 Å². The highest BCUT2D eigenvalue weighted by molar-refractivity contribution is 5.91. The second-order valence-corrected chi connectivity index (χ2v) is 13.4. The van der Waals surface area contributed by atoms with E-state index in [1.165, 1.54) is 11.0 Å². The number of hydrogen-bond donors (Lipinski definition) is 1. The Kier molecular flexibility index (Phi) is 11.3. The van der Waals surface area contributed by atoms with Crippen LogP contribution in [0, 0.1) is 0 Å². The Morgan fingerprint density at radius 1 is 0.929 bits per heavy atom. The topological polar surface area (TPSA) is 137 Å². The maximum Gasteiger partial charge on any atom is 0.416 e. The predicted molar refractivity (Wildman–Crippen MR) is 180 cm³/mol. The van der Waals surface area contributed by atoms with E-state index in [1.807, 2.05) is 0 Å². The van der Waals surface area contributed by atoms with Gasteiger partial charge in [-0.3, -0.25) is 9.80 Å². The van der Waals surface area contributed by atoms with Crippen molar-refractivity contribution in [1.82, 2.24) is 35.1 Å². The third-order valence-electron chi connectivity index (χ3n) is 9.67. The van der Waals surface area contributed by atoms with Crippen molar-refractivity contribution in [3.05, 3.63) is 81.9 Å². The highest BCUT2D eigenvalue weighted by atomic mass is 19.4. The Hall–Kier alpha value is -4.89. The number of morpholine rings is 1. The molecule has 1 saturated heterocycles. The summed E-state index contributed by atoms with van der Waals surface area (Å²) in [5.41, 5.74) is 0.381. The number of carbonyl (C=O) groups is 1. The van der Waals surface area contributed by atoms with E-state index in [-0.39, 0.29) is 66.2 Å². The first-order valence-corrected chi connectivity index (χ1v) is 17.5. The lowest BCUT2D eigenvalue weighted by Crippen LogP contribution is -2.61. The number of nitrogens with two attached hydrogens (primary N) is 1. The number of halogens is 9. The van der Waals surface area contributed by atoms with Crippen LogP contribution in [0.15, 0.2) is 42.6 Å². The molecule has 1 amide bonds. The van der Waals surface area contributed by atoms with Gasteiger partial charge in [-0.25, -0.2) is 14.8 Å². The molecule has 4 heterocycles. The van der Waals surface area contributed by atoms with E-state index in [0.29, 0.717) is 45.0 Å². The summed E-state index contributed by atoms with van der Waals surface area (Å²) in [6, 6.07) is 3.78. The normalized spacial score (nSPS) is 19.6. The molecule has 0 radical (unpaired) electrons. The molecule has 2 aromatic carbocycles. The van der Waals surface area contributed by atoms with Crippen LogP contribution in [0.5, 0.6) is 0 Å². The molecule has 0 spiro atoms. The van der Waals surface area contributed by atoms with Gasteiger partial charge in [-0.1, -0.05) is 6.92 Å². The zero-order chi connectivity index (χ0) is 40.6. The number of ether oxygens (including phenoxy) is 2. The summed E-state index contributed by atoms with van der Waals surface area (Å²) >= 11 is 0. The van der Waals surface area contributed by atoms with Crippen molar-refractivity contribution in [2.75, 3.05) is 44.4 Å². The van der Waals surface area contributed by atoms with Gasteiger partial charge in [0, 0.05) is 38.2 Å². The Morgan fingerprint density at radius 2 is 1.59 bits per heavy atom. The molecule has 1 fully saturated rings. The molecule has 2 aliphatic heterocycles. The fraction of sp³-hybridized carbons (Fsp3) is 0.486. The number of fused-ring (bicyclic) bond motifs is 1. The number of alkyl halides is 9. The van der Waals surface area contributed by atoms with Crippen molar-refractivity contribution >= 4 is 11.8 Å². The summed E-state index contributed by atoms with van der Waals surface area (Å²) in [5, 5.41) is 12.5. The van der Waals surface area contributed by atoms with Crippen LogP contribution < -0.4 is 10.6 Å². The molecule has 0 aliphatic carbocycles. The number of anilines is 1. The Bertz CT molecular complexity index is 2020. The Morgan fingerprint density at radius 3 is 2.20 bits per heavy atom. The maximum atomic E-state index is 14.1. The highest BCUT2D eigenvalue weighted by Gasteiger charge is 2.47. The minimum atomic E-state index is -5.14. The fourth-order valence-electron chi connectivity index (χ4n) is 6.75. The van der Waals surface area contributed by atoms with Gasteiger partial charge in [0.1, 0.15) is 11.5 Å². The standard InChI is InChI=1S/C35H36F9N9O3/c1-3-32(45)18-25(24-17-21(33(36,37)38)5-6-28(24)53(32)31(54)56-4-2)29-46-19-26(30-48-50-52(49-30)8-7-51-9-11-55-12-10-51)27(47-29)15-20-13-22(34(39,40)41)16-23(14-20)35(42,43)44/h5-6,13-14,16-17,19,25H,3-4,7-12,15,18,45H2,1-2H3/t25-,32+/m0/s1. The molecule has 4 aromatic rings. The third kappa shape index (κ3) is 8.73. The van der Waals surface area contributed by atoms with Crippen molar-refractivity contribution in [2.45, 2.75) is 69.8 Å². The molecule has 0 saturated carbocycles. The second-order valence-electron chi connectivity index (χ2n) is 13.4. The van der Waals surface area contributed by atoms with Gasteiger partial charge in [0.15, 0.2) is 0 Å². The monoisotopic (exact) mass is 801 g/mol. The molecular formula is C35H36F9N9O3. The summed E-state index contributed by atoms with van der Waals surface area (Å²) in [4.78, 5) is 26.7. The van der Waals surface area contributed by atoms with Gasteiger partial charge in [0.2, 0.25) is 5.82 Å². The van der Waals surface area contributed by atoms with Crippen LogP contribution >= 0.6 is 0 Å². The third-order valence-corrected chi connectivity index (χ3v) is 9.67. The van der Waals surface area contributed by atoms with Crippen LogP contribution in [0.1, 0.15) is 71.9 Å². The first kappa shape index (κ1) is 40.8. The summed E-state index contributed by atoms with van der Waals surface area (Å²) in [6.07, 6.45) is -15.6. The quantitative estimate of drug-likeness (QED) is 0.183. The molecule has 2 aliphatic rings. The summed E-state index contributed by atoms with van der Waals surface area (Å²) < 4.78 is 136. The van der Waals surface area contributed by atoms with E-state index < -0.39 is 64.9 Å². The van der Waals surface area contributed by atoms with Crippen LogP contribution in [0.2, 0.25) is 0 Å². The number of carbonyl (C=O) groups excluding carboxylic acids is 1. The van der Waals surface area contributed by atoms with Gasteiger partial charge in [-0.05, 0) is 72.5 Å². The summed E-state index contributed by atoms with van der Waals surface area (Å²) in [6.45, 7) is 6.35. The minimum absolute atomic E-state index is 0.0000661. The van der Waals surface area contributed by atoms with E-state index >= 15 is 0 Å². The van der Waals surface area contributed by atoms with E-state index in [1.54, 1.807) is 13.8 Å². The predicted octanol–water partition coefficient (Wildman–Crippen LogP) is 6.67. The molecule has 2 atom stereocenters. The number of aromatic nitrogens is 6. The lowest BCUT2D eigenvalue weighted by molar-refractivity contribution is -0.143. The van der Waals surface area contributed by atoms with Crippen molar-refractivity contribution in [3.63, 3.8) is 0 Å². The Labute approximate surface area is 313 Å². The van der Waals surface area contributed by atoms with Crippen molar-refractivity contribution in [2.24, 2.45) is 5.73 Å². The average molecular weight is 802 g/mol. The molecule has 302 valence electrons. The highest BCUT2D eigenvalue weighted by Crippen LogP contribution is 2.48. The number of rotatable bonds is 9. The fourth-order valence-corrected chi connectivity index (χ4v) is 6.75. The summed E-state index contributed by atoms with van der Waals surface area (Å²) in [5.74, 6) is -1.42. The minimum Gasteiger partial charge on any atom is -0.449 e. The van der Waals surface area contributed by atoms with Crippen LogP contribution in [0.25, 0.3) is 11.4 Å². The SMILES string of the molecule is CCOC(=O)N1c2ccc(C(F)(F)F)cc2[C@@H](c2ncc(-c3nnn(CCN4CCOCC4)n3)c(Cc3cc(C(F)(F)F)cc(C(F)(F)F)c3)n2)C[C@@]1(N)CC. The van der Waals surface area contributed by atoms with E-state index in [0.717, 1.165) is 23.1 Å². The van der Waals surface area contributed by atoms with Gasteiger partial charge in [-0.15, -0.1) is 10.2 Å². The number of tetrazole rings is 1. The van der Waals surface area contributed by atoms with Gasteiger partial charge in [-0.2, -0.15) is 44.3 Å². The van der Waals surface area contributed by atoms with Gasteiger partial charge in [0.05, 0.1) is 60.0 Å². The molecule has 6 rings (SSSR count). The molecule has 2 aromatic heterocycles. The molecule has 0 bridgehead atoms. The molecule has 0 unspecified atom stereocenters. The smallest absolute Gasteiger partial charge is 0.416 e. The average Bonchev–Trinajstić information content (AvgIpc) is 3.61. The van der Waals surface area contributed by atoms with Gasteiger partial charge >= 0.3 is 24.6 Å². The maximum absolute atomic E-state index is 14.1. The van der Waals surface area contributed by atoms with Crippen LogP contribution in [0.3, 0.4) is 0 Å². The number of amides is 1. The van der Waals surface area contributed by atoms with Crippen molar-refractivity contribution in [1.29, 1.82) is 0 Å². The van der Waals surface area contributed by atoms with E-state index in [2.05, 4.69) is 30.3 Å². The molecule has 56 heavy (non-hydrogen) atoms. The molecule has 2 N–H and O–H groups in total. The summed E-state index contributed by atoms with van der Waals surface area (Å²) in [7, 11) is 0. The zero-order valence-corrected chi connectivity index (χ0v) is 30.0. The zero-order valence-electron chi connectivity index (χ0n) is 30.0. The lowest BCUT2D eigenvalue weighted by Gasteiger charge is -2.46. The van der Waals surface area contributed by atoms with Gasteiger partial charge in [0.25, 0.3) is 0 Å². The van der Waals surface area contributed by atoms with Crippen LogP contribution in [-0.4, -0.2) is 86.3 Å². The second kappa shape index (κ2) is 15.6. The molecular weight excluding hydrogens is 765 g/mol. The largest absolute Gasteiger partial charge is 0.449 e. The van der Waals surface area contributed by atoms with Gasteiger partial charge < -0.3 is 15.2 Å². The van der Waals surface area contributed by atoms with Crippen molar-refractivity contribution in [3.8, 4) is 11.4 Å². The van der Waals surface area contributed by atoms with E-state index in [9.17, 15) is 44.3 Å². The molecule has 21 heteroatoms. The lowest BCUT2D eigenvalue weighted by atomic mass is 9.80. The number of hydrogen-bond acceptors (Lipinski definition) is 10. The first-order chi connectivity index (χ1) is 26.3. The number of nitrogens with zero attached hydrogens (tertiary/aromatic N) is 8. The van der Waals surface area contributed by atoms with E-state index in [4.69, 9.17) is 15.2 Å². The number of benzene rings is 2.